The molecule has 1 unspecified atom stereocenters. The predicted molar refractivity (Wildman–Crippen MR) is 104 cm³/mol. The van der Waals surface area contributed by atoms with Crippen molar-refractivity contribution in [2.75, 3.05) is 6.61 Å². The maximum Gasteiger partial charge on any atom is 0.328 e. The summed E-state index contributed by atoms with van der Waals surface area (Å²) < 4.78 is 5.99. The van der Waals surface area contributed by atoms with Crippen LogP contribution >= 0.6 is 23.2 Å². The van der Waals surface area contributed by atoms with Gasteiger partial charge in [-0.3, -0.25) is 9.69 Å². The summed E-state index contributed by atoms with van der Waals surface area (Å²) >= 11 is 12.2. The second-order valence-electron chi connectivity index (χ2n) is 8.55. The van der Waals surface area contributed by atoms with Crippen LogP contribution in [-0.4, -0.2) is 40.3 Å². The van der Waals surface area contributed by atoms with Gasteiger partial charge in [0.25, 0.3) is 5.91 Å². The van der Waals surface area contributed by atoms with Gasteiger partial charge in [0.05, 0.1) is 17.2 Å². The average Bonchev–Trinajstić information content (AvgIpc) is 2.93. The molecule has 1 aliphatic carbocycles. The van der Waals surface area contributed by atoms with Gasteiger partial charge in [-0.05, 0) is 55.2 Å². The zero-order chi connectivity index (χ0) is 20.0. The maximum absolute atomic E-state index is 13.3. The van der Waals surface area contributed by atoms with E-state index in [1.807, 2.05) is 0 Å². The van der Waals surface area contributed by atoms with Crippen molar-refractivity contribution in [1.82, 2.24) is 4.90 Å². The van der Waals surface area contributed by atoms with Crippen LogP contribution in [0, 0.1) is 11.3 Å². The van der Waals surface area contributed by atoms with Crippen molar-refractivity contribution < 1.29 is 19.4 Å². The van der Waals surface area contributed by atoms with Crippen molar-refractivity contribution in [1.29, 1.82) is 0 Å². The summed E-state index contributed by atoms with van der Waals surface area (Å²) in [5, 5.41) is 10.3. The van der Waals surface area contributed by atoms with Crippen LogP contribution in [-0.2, 0) is 9.53 Å². The lowest BCUT2D eigenvalue weighted by Crippen LogP contribution is -2.55. The fourth-order valence-corrected chi connectivity index (χ4v) is 4.77. The molecular weight excluding hydrogens is 389 g/mol. The number of carboxylic acid groups (broad SMARTS) is 1. The molecule has 0 radical (unpaired) electrons. The minimum Gasteiger partial charge on any atom is -0.480 e. The topological polar surface area (TPSA) is 66.8 Å². The third kappa shape index (κ3) is 3.82. The Morgan fingerprint density at radius 2 is 1.85 bits per heavy atom. The molecule has 1 amide bonds. The van der Waals surface area contributed by atoms with Gasteiger partial charge in [0.15, 0.2) is 6.04 Å². The number of carbonyl (C=O) groups is 2. The molecule has 27 heavy (non-hydrogen) atoms. The first-order valence-electron chi connectivity index (χ1n) is 9.21. The summed E-state index contributed by atoms with van der Waals surface area (Å²) in [6.45, 7) is 6.62. The van der Waals surface area contributed by atoms with Gasteiger partial charge in [-0.2, -0.15) is 0 Å². The van der Waals surface area contributed by atoms with E-state index in [1.54, 1.807) is 12.1 Å². The second-order valence-corrected chi connectivity index (χ2v) is 9.39. The average molecular weight is 414 g/mol. The van der Waals surface area contributed by atoms with Gasteiger partial charge in [-0.1, -0.05) is 44.0 Å². The Kier molecular flexibility index (Phi) is 5.50. The highest BCUT2D eigenvalue weighted by molar-refractivity contribution is 6.36. The molecule has 2 aliphatic rings. The number of halogens is 2. The number of ether oxygens (including phenoxy) is 1. The lowest BCUT2D eigenvalue weighted by atomic mass is 9.70. The SMILES string of the molecule is CC(C)(C)C1CCC2(CC1)OCC(C(=O)O)N2C(=O)c1ccc(Cl)cc1Cl. The largest absolute Gasteiger partial charge is 0.480 e. The standard InChI is InChI=1S/C20H25Cl2NO4/c1-19(2,3)12-6-8-20(9-7-12)23(16(11-27-20)18(25)26)17(24)14-5-4-13(21)10-15(14)22/h4-5,10,12,16H,6-9,11H2,1-3H3,(H,25,26). The van der Waals surface area contributed by atoms with Crippen LogP contribution in [0.2, 0.25) is 10.0 Å². The van der Waals surface area contributed by atoms with E-state index in [-0.39, 0.29) is 22.6 Å². The quantitative estimate of drug-likeness (QED) is 0.751. The molecule has 1 aromatic carbocycles. The molecule has 0 bridgehead atoms. The minimum absolute atomic E-state index is 0.00747. The van der Waals surface area contributed by atoms with E-state index >= 15 is 0 Å². The number of benzene rings is 1. The van der Waals surface area contributed by atoms with Crippen LogP contribution in [0.1, 0.15) is 56.8 Å². The Labute approximate surface area is 169 Å². The fourth-order valence-electron chi connectivity index (χ4n) is 4.28. The number of hydrogen-bond acceptors (Lipinski definition) is 3. The zero-order valence-electron chi connectivity index (χ0n) is 15.8. The van der Waals surface area contributed by atoms with E-state index in [1.165, 1.54) is 11.0 Å². The number of amides is 1. The highest BCUT2D eigenvalue weighted by Gasteiger charge is 2.55. The molecule has 5 nitrogen and oxygen atoms in total. The van der Waals surface area contributed by atoms with Crippen LogP contribution in [0.3, 0.4) is 0 Å². The summed E-state index contributed by atoms with van der Waals surface area (Å²) in [6.07, 6.45) is 3.01. The lowest BCUT2D eigenvalue weighted by molar-refractivity contribution is -0.144. The van der Waals surface area contributed by atoms with E-state index in [4.69, 9.17) is 27.9 Å². The monoisotopic (exact) mass is 413 g/mol. The Morgan fingerprint density at radius 3 is 2.37 bits per heavy atom. The van der Waals surface area contributed by atoms with Crippen LogP contribution < -0.4 is 0 Å². The molecular formula is C20H25Cl2NO4. The van der Waals surface area contributed by atoms with Crippen molar-refractivity contribution >= 4 is 35.1 Å². The number of rotatable bonds is 2. The molecule has 1 saturated heterocycles. The lowest BCUT2D eigenvalue weighted by Gasteiger charge is -2.46. The molecule has 1 aromatic rings. The van der Waals surface area contributed by atoms with Crippen molar-refractivity contribution in [2.45, 2.75) is 58.2 Å². The molecule has 1 saturated carbocycles. The smallest absolute Gasteiger partial charge is 0.328 e. The molecule has 1 atom stereocenters. The molecule has 1 aliphatic heterocycles. The molecule has 1 N–H and O–H groups in total. The van der Waals surface area contributed by atoms with Gasteiger partial charge in [0, 0.05) is 5.02 Å². The predicted octanol–water partition coefficient (Wildman–Crippen LogP) is 4.85. The van der Waals surface area contributed by atoms with E-state index in [0.29, 0.717) is 23.8 Å². The van der Waals surface area contributed by atoms with Crippen LogP contribution in [0.25, 0.3) is 0 Å². The third-order valence-electron chi connectivity index (χ3n) is 5.92. The summed E-state index contributed by atoms with van der Waals surface area (Å²) in [5.74, 6) is -0.981. The number of carboxylic acids is 1. The van der Waals surface area contributed by atoms with Gasteiger partial charge in [-0.15, -0.1) is 0 Å². The van der Waals surface area contributed by atoms with Crippen LogP contribution in [0.5, 0.6) is 0 Å². The van der Waals surface area contributed by atoms with E-state index < -0.39 is 23.6 Å². The normalized spacial score (nSPS) is 28.6. The van der Waals surface area contributed by atoms with Gasteiger partial charge < -0.3 is 9.84 Å². The van der Waals surface area contributed by atoms with Crippen molar-refractivity contribution in [3.8, 4) is 0 Å². The summed E-state index contributed by atoms with van der Waals surface area (Å²) in [7, 11) is 0. The Hall–Kier alpha value is -1.30. The molecule has 7 heteroatoms. The third-order valence-corrected chi connectivity index (χ3v) is 6.47. The number of carbonyl (C=O) groups excluding carboxylic acids is 1. The first kappa shape index (κ1) is 20.4. The zero-order valence-corrected chi connectivity index (χ0v) is 17.3. The highest BCUT2D eigenvalue weighted by Crippen LogP contribution is 2.47. The molecule has 1 spiro atoms. The highest BCUT2D eigenvalue weighted by atomic mass is 35.5. The Bertz CT molecular complexity index is 751. The minimum atomic E-state index is -1.07. The summed E-state index contributed by atoms with van der Waals surface area (Å²) in [6, 6.07) is 3.59. The number of nitrogens with zero attached hydrogens (tertiary/aromatic N) is 1. The van der Waals surface area contributed by atoms with Crippen LogP contribution in [0.15, 0.2) is 18.2 Å². The van der Waals surface area contributed by atoms with Gasteiger partial charge in [-0.25, -0.2) is 4.79 Å². The first-order chi connectivity index (χ1) is 12.5. The van der Waals surface area contributed by atoms with E-state index in [9.17, 15) is 14.7 Å². The number of aliphatic carboxylic acids is 1. The molecule has 2 fully saturated rings. The van der Waals surface area contributed by atoms with Gasteiger partial charge in [0.1, 0.15) is 5.72 Å². The Morgan fingerprint density at radius 1 is 1.22 bits per heavy atom. The van der Waals surface area contributed by atoms with Crippen molar-refractivity contribution in [3.63, 3.8) is 0 Å². The molecule has 3 rings (SSSR count). The first-order valence-corrected chi connectivity index (χ1v) is 9.96. The summed E-state index contributed by atoms with van der Waals surface area (Å²) in [4.78, 5) is 26.5. The summed E-state index contributed by atoms with van der Waals surface area (Å²) in [5.41, 5.74) is -0.471. The molecule has 1 heterocycles. The van der Waals surface area contributed by atoms with E-state index in [2.05, 4.69) is 20.8 Å². The van der Waals surface area contributed by atoms with Gasteiger partial charge in [0.2, 0.25) is 0 Å². The molecule has 0 aromatic heterocycles. The van der Waals surface area contributed by atoms with E-state index in [0.717, 1.165) is 12.8 Å². The Balaban J connectivity index is 1.93. The van der Waals surface area contributed by atoms with Crippen LogP contribution in [0.4, 0.5) is 0 Å². The maximum atomic E-state index is 13.3. The van der Waals surface area contributed by atoms with Crippen molar-refractivity contribution in [2.24, 2.45) is 11.3 Å². The molecule has 148 valence electrons. The van der Waals surface area contributed by atoms with Gasteiger partial charge >= 0.3 is 5.97 Å². The van der Waals surface area contributed by atoms with Crippen molar-refractivity contribution in [3.05, 3.63) is 33.8 Å². The number of hydrogen-bond donors (Lipinski definition) is 1. The fraction of sp³-hybridized carbons (Fsp3) is 0.600. The second kappa shape index (κ2) is 7.26.